The standard InChI is InChI=1S/C17H24N2O3S/c1-17(2,3)22-16(21)18-13-7-6-11-9-19(10-12(11)13)15(20)14-5-4-8-23-14/h4-5,8,11-13H,6-7,9-10H2,1-3H3,(H,18,21)/t11-,12-,13+/m0/s1. The number of likely N-dealkylation sites (tertiary alicyclic amines) is 1. The SMILES string of the molecule is CC(C)(C)OC(=O)N[C@@H]1CC[C@H]2CN(C(=O)c3cccs3)C[C@@H]21. The molecule has 0 spiro atoms. The van der Waals surface area contributed by atoms with Crippen LogP contribution in [0.15, 0.2) is 17.5 Å². The number of nitrogens with one attached hydrogen (secondary N) is 1. The molecule has 2 heterocycles. The normalized spacial score (nSPS) is 26.9. The van der Waals surface area contributed by atoms with Crippen LogP contribution < -0.4 is 5.32 Å². The van der Waals surface area contributed by atoms with Gasteiger partial charge in [-0.1, -0.05) is 6.07 Å². The zero-order valence-electron chi connectivity index (χ0n) is 13.9. The van der Waals surface area contributed by atoms with E-state index >= 15 is 0 Å². The van der Waals surface area contributed by atoms with E-state index in [4.69, 9.17) is 4.74 Å². The first-order valence-electron chi connectivity index (χ1n) is 8.16. The molecule has 1 saturated heterocycles. The summed E-state index contributed by atoms with van der Waals surface area (Å²) < 4.78 is 5.35. The molecule has 23 heavy (non-hydrogen) atoms. The Bertz CT molecular complexity index is 579. The summed E-state index contributed by atoms with van der Waals surface area (Å²) in [4.78, 5) is 27.2. The van der Waals surface area contributed by atoms with Crippen molar-refractivity contribution < 1.29 is 14.3 Å². The summed E-state index contributed by atoms with van der Waals surface area (Å²) in [6.45, 7) is 7.11. The first kappa shape index (κ1) is 16.3. The van der Waals surface area contributed by atoms with E-state index < -0.39 is 5.60 Å². The minimum absolute atomic E-state index is 0.107. The molecule has 0 bridgehead atoms. The van der Waals surface area contributed by atoms with E-state index in [2.05, 4.69) is 5.32 Å². The van der Waals surface area contributed by atoms with Gasteiger partial charge in [0, 0.05) is 25.0 Å². The highest BCUT2D eigenvalue weighted by Crippen LogP contribution is 2.39. The van der Waals surface area contributed by atoms with Crippen molar-refractivity contribution in [2.24, 2.45) is 11.8 Å². The third kappa shape index (κ3) is 3.68. The van der Waals surface area contributed by atoms with Crippen LogP contribution in [-0.4, -0.2) is 41.6 Å². The number of amides is 2. The Morgan fingerprint density at radius 1 is 1.30 bits per heavy atom. The fourth-order valence-electron chi connectivity index (χ4n) is 3.63. The number of thiophene rings is 1. The number of hydrogen-bond donors (Lipinski definition) is 1. The third-order valence-electron chi connectivity index (χ3n) is 4.58. The molecule has 3 rings (SSSR count). The Morgan fingerprint density at radius 3 is 2.74 bits per heavy atom. The number of carbonyl (C=O) groups excluding carboxylic acids is 2. The average molecular weight is 336 g/mol. The Balaban J connectivity index is 1.59. The van der Waals surface area contributed by atoms with Gasteiger partial charge >= 0.3 is 6.09 Å². The molecule has 6 heteroatoms. The molecule has 1 aromatic rings. The zero-order valence-corrected chi connectivity index (χ0v) is 14.7. The first-order chi connectivity index (χ1) is 10.8. The maximum absolute atomic E-state index is 12.5. The molecular weight excluding hydrogens is 312 g/mol. The largest absolute Gasteiger partial charge is 0.444 e. The van der Waals surface area contributed by atoms with E-state index in [1.807, 2.05) is 43.2 Å². The van der Waals surface area contributed by atoms with Crippen molar-refractivity contribution in [2.75, 3.05) is 13.1 Å². The van der Waals surface area contributed by atoms with Crippen molar-refractivity contribution in [3.05, 3.63) is 22.4 Å². The molecule has 0 aromatic carbocycles. The van der Waals surface area contributed by atoms with Crippen molar-refractivity contribution in [3.63, 3.8) is 0 Å². The van der Waals surface area contributed by atoms with Gasteiger partial charge in [-0.15, -0.1) is 11.3 Å². The summed E-state index contributed by atoms with van der Waals surface area (Å²) in [6, 6.07) is 3.88. The number of carbonyl (C=O) groups is 2. The molecule has 1 N–H and O–H groups in total. The second kappa shape index (κ2) is 6.15. The summed E-state index contributed by atoms with van der Waals surface area (Å²) in [6.07, 6.45) is 1.67. The number of hydrogen-bond acceptors (Lipinski definition) is 4. The summed E-state index contributed by atoms with van der Waals surface area (Å²) in [5.74, 6) is 0.940. The van der Waals surface area contributed by atoms with E-state index in [9.17, 15) is 9.59 Å². The van der Waals surface area contributed by atoms with E-state index in [0.717, 1.165) is 30.8 Å². The molecule has 0 radical (unpaired) electrons. The Kier molecular flexibility index (Phi) is 4.36. The third-order valence-corrected chi connectivity index (χ3v) is 5.44. The molecule has 1 saturated carbocycles. The quantitative estimate of drug-likeness (QED) is 0.903. The number of rotatable bonds is 2. The second-order valence-corrected chi connectivity index (χ2v) is 8.39. The van der Waals surface area contributed by atoms with Crippen LogP contribution in [0.1, 0.15) is 43.3 Å². The van der Waals surface area contributed by atoms with Crippen molar-refractivity contribution >= 4 is 23.3 Å². The highest BCUT2D eigenvalue weighted by Gasteiger charge is 2.45. The Morgan fingerprint density at radius 2 is 2.09 bits per heavy atom. The molecule has 5 nitrogen and oxygen atoms in total. The van der Waals surface area contributed by atoms with Gasteiger partial charge in [-0.25, -0.2) is 4.79 Å². The predicted molar refractivity (Wildman–Crippen MR) is 89.6 cm³/mol. The van der Waals surface area contributed by atoms with Gasteiger partial charge in [-0.05, 0) is 51.0 Å². The van der Waals surface area contributed by atoms with Gasteiger partial charge in [-0.3, -0.25) is 4.79 Å². The minimum atomic E-state index is -0.487. The van der Waals surface area contributed by atoms with Crippen molar-refractivity contribution in [2.45, 2.75) is 45.3 Å². The van der Waals surface area contributed by atoms with Crippen LogP contribution >= 0.6 is 11.3 Å². The maximum Gasteiger partial charge on any atom is 0.407 e. The summed E-state index contributed by atoms with van der Waals surface area (Å²) in [5, 5.41) is 4.93. The molecule has 1 aromatic heterocycles. The van der Waals surface area contributed by atoms with Gasteiger partial charge in [0.15, 0.2) is 0 Å². The molecule has 2 amide bonds. The first-order valence-corrected chi connectivity index (χ1v) is 9.04. The van der Waals surface area contributed by atoms with Crippen LogP contribution in [0.25, 0.3) is 0 Å². The zero-order chi connectivity index (χ0) is 16.6. The van der Waals surface area contributed by atoms with Gasteiger partial charge in [0.1, 0.15) is 5.60 Å². The highest BCUT2D eigenvalue weighted by molar-refractivity contribution is 7.12. The molecule has 126 valence electrons. The lowest BCUT2D eigenvalue weighted by Gasteiger charge is -2.24. The topological polar surface area (TPSA) is 58.6 Å². The van der Waals surface area contributed by atoms with Crippen molar-refractivity contribution in [3.8, 4) is 0 Å². The molecular formula is C17H24N2O3S. The number of alkyl carbamates (subject to hydrolysis) is 1. The van der Waals surface area contributed by atoms with E-state index in [1.165, 1.54) is 11.3 Å². The Labute approximate surface area is 141 Å². The van der Waals surface area contributed by atoms with Gasteiger partial charge in [0.2, 0.25) is 0 Å². The van der Waals surface area contributed by atoms with Gasteiger partial charge < -0.3 is 15.0 Å². The molecule has 1 aliphatic heterocycles. The lowest BCUT2D eigenvalue weighted by molar-refractivity contribution is 0.0491. The van der Waals surface area contributed by atoms with E-state index in [0.29, 0.717) is 11.8 Å². The van der Waals surface area contributed by atoms with Crippen LogP contribution in [0, 0.1) is 11.8 Å². The second-order valence-electron chi connectivity index (χ2n) is 7.44. The fourth-order valence-corrected chi connectivity index (χ4v) is 4.32. The minimum Gasteiger partial charge on any atom is -0.444 e. The van der Waals surface area contributed by atoms with Crippen LogP contribution in [0.2, 0.25) is 0 Å². The van der Waals surface area contributed by atoms with Crippen LogP contribution in [-0.2, 0) is 4.74 Å². The van der Waals surface area contributed by atoms with Gasteiger partial charge in [-0.2, -0.15) is 0 Å². The highest BCUT2D eigenvalue weighted by atomic mass is 32.1. The fraction of sp³-hybridized carbons (Fsp3) is 0.647. The molecule has 3 atom stereocenters. The van der Waals surface area contributed by atoms with Crippen LogP contribution in [0.4, 0.5) is 4.79 Å². The van der Waals surface area contributed by atoms with Crippen molar-refractivity contribution in [1.82, 2.24) is 10.2 Å². The van der Waals surface area contributed by atoms with Gasteiger partial charge in [0.25, 0.3) is 5.91 Å². The smallest absolute Gasteiger partial charge is 0.407 e. The lowest BCUT2D eigenvalue weighted by atomic mass is 9.98. The van der Waals surface area contributed by atoms with Crippen molar-refractivity contribution in [1.29, 1.82) is 0 Å². The van der Waals surface area contributed by atoms with E-state index in [-0.39, 0.29) is 18.0 Å². The number of ether oxygens (including phenoxy) is 1. The van der Waals surface area contributed by atoms with Crippen LogP contribution in [0.5, 0.6) is 0 Å². The average Bonchev–Trinajstić information content (AvgIpc) is 3.13. The number of fused-ring (bicyclic) bond motifs is 1. The van der Waals surface area contributed by atoms with Gasteiger partial charge in [0.05, 0.1) is 4.88 Å². The number of nitrogens with zero attached hydrogens (tertiary/aromatic N) is 1. The van der Waals surface area contributed by atoms with E-state index in [1.54, 1.807) is 0 Å². The summed E-state index contributed by atoms with van der Waals surface area (Å²) in [7, 11) is 0. The lowest BCUT2D eigenvalue weighted by Crippen LogP contribution is -2.42. The summed E-state index contributed by atoms with van der Waals surface area (Å²) in [5.41, 5.74) is -0.487. The summed E-state index contributed by atoms with van der Waals surface area (Å²) >= 11 is 1.48. The molecule has 1 aliphatic carbocycles. The molecule has 0 unspecified atom stereocenters. The monoisotopic (exact) mass is 336 g/mol. The Hall–Kier alpha value is -1.56. The molecule has 2 fully saturated rings. The van der Waals surface area contributed by atoms with Crippen LogP contribution in [0.3, 0.4) is 0 Å². The maximum atomic E-state index is 12.5. The molecule has 2 aliphatic rings. The predicted octanol–water partition coefficient (Wildman–Crippen LogP) is 3.12.